The summed E-state index contributed by atoms with van der Waals surface area (Å²) in [6.45, 7) is 6.02. The fourth-order valence-corrected chi connectivity index (χ4v) is 3.30. The Hall–Kier alpha value is -1.57. The topological polar surface area (TPSA) is 45.5 Å². The van der Waals surface area contributed by atoms with Gasteiger partial charge in [0.25, 0.3) is 0 Å². The van der Waals surface area contributed by atoms with Gasteiger partial charge in [-0.1, -0.05) is 37.3 Å². The Morgan fingerprint density at radius 3 is 2.84 bits per heavy atom. The highest BCUT2D eigenvalue weighted by atomic mass is 127. The zero-order valence-corrected chi connectivity index (χ0v) is 17.4. The largest absolute Gasteiger partial charge is 0.349 e. The Balaban J connectivity index is 0.00000225. The number of aromatic nitrogens is 2. The minimum Gasteiger partial charge on any atom is -0.349 e. The molecule has 0 radical (unpaired) electrons. The molecule has 1 aromatic heterocycles. The predicted octanol–water partition coefficient (Wildman–Crippen LogP) is 3.36. The van der Waals surface area contributed by atoms with Crippen LogP contribution in [0.3, 0.4) is 0 Å². The van der Waals surface area contributed by atoms with Gasteiger partial charge in [-0.05, 0) is 24.3 Å². The van der Waals surface area contributed by atoms with Gasteiger partial charge in [0, 0.05) is 39.1 Å². The average molecular weight is 453 g/mol. The van der Waals surface area contributed by atoms with Gasteiger partial charge in [0.15, 0.2) is 5.96 Å². The molecule has 1 atom stereocenters. The Labute approximate surface area is 167 Å². The van der Waals surface area contributed by atoms with E-state index < -0.39 is 0 Å². The molecule has 1 aliphatic rings. The number of nitrogens with one attached hydrogen (secondary N) is 1. The average Bonchev–Trinajstić information content (AvgIpc) is 3.04. The van der Waals surface area contributed by atoms with Crippen molar-refractivity contribution in [2.75, 3.05) is 20.1 Å². The maximum Gasteiger partial charge on any atom is 0.194 e. The number of halogens is 1. The van der Waals surface area contributed by atoms with Crippen LogP contribution in [-0.2, 0) is 13.1 Å². The van der Waals surface area contributed by atoms with Gasteiger partial charge in [0.1, 0.15) is 5.82 Å². The van der Waals surface area contributed by atoms with Gasteiger partial charge < -0.3 is 14.8 Å². The molecule has 136 valence electrons. The van der Waals surface area contributed by atoms with Gasteiger partial charge in [-0.2, -0.15) is 0 Å². The van der Waals surface area contributed by atoms with Crippen molar-refractivity contribution in [2.24, 2.45) is 10.9 Å². The summed E-state index contributed by atoms with van der Waals surface area (Å²) >= 11 is 0. The van der Waals surface area contributed by atoms with Crippen LogP contribution in [0, 0.1) is 5.92 Å². The molecule has 1 N–H and O–H groups in total. The number of hydrogen-bond acceptors (Lipinski definition) is 2. The molecule has 1 fully saturated rings. The zero-order valence-electron chi connectivity index (χ0n) is 15.1. The summed E-state index contributed by atoms with van der Waals surface area (Å²) in [5, 5.41) is 3.48. The molecule has 2 heterocycles. The van der Waals surface area contributed by atoms with Crippen LogP contribution in [0.2, 0.25) is 0 Å². The van der Waals surface area contributed by atoms with E-state index >= 15 is 0 Å². The Bertz CT molecular complexity index is 667. The van der Waals surface area contributed by atoms with Gasteiger partial charge in [-0.25, -0.2) is 4.98 Å². The molecule has 1 aromatic carbocycles. The molecule has 1 unspecified atom stereocenters. The molecule has 25 heavy (non-hydrogen) atoms. The van der Waals surface area contributed by atoms with Crippen LogP contribution in [0.25, 0.3) is 0 Å². The van der Waals surface area contributed by atoms with Crippen molar-refractivity contribution < 1.29 is 0 Å². The van der Waals surface area contributed by atoms with Crippen molar-refractivity contribution in [3.05, 3.63) is 54.1 Å². The van der Waals surface area contributed by atoms with Crippen LogP contribution >= 0.6 is 24.0 Å². The standard InChI is InChI=1S/C19H27N5.HI/c1-16-7-6-11-24(14-16)19(20-2)22-13-18-21-10-12-23(18)15-17-8-4-3-5-9-17;/h3-5,8-10,12,16H,6-7,11,13-15H2,1-2H3,(H,20,22);1H. The lowest BCUT2D eigenvalue weighted by Crippen LogP contribution is -2.46. The molecule has 0 saturated carbocycles. The molecule has 1 aliphatic heterocycles. The lowest BCUT2D eigenvalue weighted by Gasteiger charge is -2.33. The number of likely N-dealkylation sites (tertiary alicyclic amines) is 1. The van der Waals surface area contributed by atoms with E-state index in [-0.39, 0.29) is 24.0 Å². The van der Waals surface area contributed by atoms with Crippen LogP contribution in [-0.4, -0.2) is 40.5 Å². The number of benzene rings is 1. The number of piperidine rings is 1. The van der Waals surface area contributed by atoms with Crippen molar-refractivity contribution >= 4 is 29.9 Å². The maximum absolute atomic E-state index is 4.51. The van der Waals surface area contributed by atoms with Crippen molar-refractivity contribution in [2.45, 2.75) is 32.9 Å². The first kappa shape index (κ1) is 19.8. The van der Waals surface area contributed by atoms with Crippen LogP contribution < -0.4 is 5.32 Å². The van der Waals surface area contributed by atoms with E-state index in [0.717, 1.165) is 37.3 Å². The first-order valence-corrected chi connectivity index (χ1v) is 8.76. The summed E-state index contributed by atoms with van der Waals surface area (Å²) in [6.07, 6.45) is 6.46. The molecule has 0 aliphatic carbocycles. The molecular formula is C19H28IN5. The Morgan fingerprint density at radius 1 is 1.32 bits per heavy atom. The summed E-state index contributed by atoms with van der Waals surface area (Å²) in [7, 11) is 1.86. The molecule has 0 bridgehead atoms. The molecule has 2 aromatic rings. The number of aliphatic imine (C=N–C) groups is 1. The molecule has 1 saturated heterocycles. The van der Waals surface area contributed by atoms with Crippen LogP contribution in [0.4, 0.5) is 0 Å². The van der Waals surface area contributed by atoms with Crippen molar-refractivity contribution in [1.82, 2.24) is 19.8 Å². The van der Waals surface area contributed by atoms with Gasteiger partial charge in [0.2, 0.25) is 0 Å². The van der Waals surface area contributed by atoms with E-state index in [4.69, 9.17) is 0 Å². The highest BCUT2D eigenvalue weighted by molar-refractivity contribution is 14.0. The quantitative estimate of drug-likeness (QED) is 0.439. The number of nitrogens with zero attached hydrogens (tertiary/aromatic N) is 4. The van der Waals surface area contributed by atoms with E-state index in [2.05, 4.69) is 55.9 Å². The smallest absolute Gasteiger partial charge is 0.194 e. The highest BCUT2D eigenvalue weighted by Gasteiger charge is 2.19. The fourth-order valence-electron chi connectivity index (χ4n) is 3.30. The normalized spacial score (nSPS) is 17.9. The van der Waals surface area contributed by atoms with Crippen LogP contribution in [0.5, 0.6) is 0 Å². The second-order valence-electron chi connectivity index (χ2n) is 6.55. The summed E-state index contributed by atoms with van der Waals surface area (Å²) in [5.41, 5.74) is 1.28. The first-order valence-electron chi connectivity index (χ1n) is 8.76. The van der Waals surface area contributed by atoms with Crippen LogP contribution in [0.1, 0.15) is 31.2 Å². The third-order valence-electron chi connectivity index (χ3n) is 4.57. The lowest BCUT2D eigenvalue weighted by molar-refractivity contribution is 0.265. The first-order chi connectivity index (χ1) is 11.8. The summed E-state index contributed by atoms with van der Waals surface area (Å²) in [4.78, 5) is 11.3. The second-order valence-corrected chi connectivity index (χ2v) is 6.55. The van der Waals surface area contributed by atoms with Gasteiger partial charge in [-0.15, -0.1) is 24.0 Å². The van der Waals surface area contributed by atoms with Gasteiger partial charge in [0.05, 0.1) is 6.54 Å². The molecule has 5 nitrogen and oxygen atoms in total. The van der Waals surface area contributed by atoms with Gasteiger partial charge >= 0.3 is 0 Å². The summed E-state index contributed by atoms with van der Waals surface area (Å²) in [6, 6.07) is 10.5. The molecule has 6 heteroatoms. The number of hydrogen-bond donors (Lipinski definition) is 1. The minimum absolute atomic E-state index is 0. The molecule has 0 amide bonds. The second kappa shape index (κ2) is 9.79. The Kier molecular flexibility index (Phi) is 7.74. The third-order valence-corrected chi connectivity index (χ3v) is 4.57. The third kappa shape index (κ3) is 5.45. The fraction of sp³-hybridized carbons (Fsp3) is 0.474. The van der Waals surface area contributed by atoms with E-state index in [1.807, 2.05) is 25.5 Å². The minimum atomic E-state index is 0. The van der Waals surface area contributed by atoms with Crippen molar-refractivity contribution in [1.29, 1.82) is 0 Å². The predicted molar refractivity (Wildman–Crippen MR) is 113 cm³/mol. The number of rotatable bonds is 4. The van der Waals surface area contributed by atoms with E-state index in [0.29, 0.717) is 6.54 Å². The van der Waals surface area contributed by atoms with Crippen molar-refractivity contribution in [3.8, 4) is 0 Å². The molecular weight excluding hydrogens is 425 g/mol. The van der Waals surface area contributed by atoms with E-state index in [1.54, 1.807) is 0 Å². The zero-order chi connectivity index (χ0) is 16.8. The van der Waals surface area contributed by atoms with E-state index in [9.17, 15) is 0 Å². The van der Waals surface area contributed by atoms with E-state index in [1.165, 1.54) is 18.4 Å². The van der Waals surface area contributed by atoms with Gasteiger partial charge in [-0.3, -0.25) is 4.99 Å². The highest BCUT2D eigenvalue weighted by Crippen LogP contribution is 2.15. The monoisotopic (exact) mass is 453 g/mol. The Morgan fingerprint density at radius 2 is 2.12 bits per heavy atom. The van der Waals surface area contributed by atoms with Crippen LogP contribution in [0.15, 0.2) is 47.7 Å². The van der Waals surface area contributed by atoms with Crippen molar-refractivity contribution in [3.63, 3.8) is 0 Å². The molecule has 3 rings (SSSR count). The molecule has 0 spiro atoms. The number of imidazole rings is 1. The number of guanidine groups is 1. The summed E-state index contributed by atoms with van der Waals surface area (Å²) < 4.78 is 2.19. The summed E-state index contributed by atoms with van der Waals surface area (Å²) in [5.74, 6) is 2.75. The lowest BCUT2D eigenvalue weighted by atomic mass is 10.0. The SMILES string of the molecule is CN=C(NCc1nccn1Cc1ccccc1)N1CCCC(C)C1.I. The maximum atomic E-state index is 4.51.